The Morgan fingerprint density at radius 2 is 2.21 bits per heavy atom. The summed E-state index contributed by atoms with van der Waals surface area (Å²) >= 11 is 1.70. The quantitative estimate of drug-likeness (QED) is 0.716. The molecule has 1 aliphatic heterocycles. The lowest BCUT2D eigenvalue weighted by Gasteiger charge is -2.25. The van der Waals surface area contributed by atoms with Crippen molar-refractivity contribution in [1.29, 1.82) is 0 Å². The van der Waals surface area contributed by atoms with Gasteiger partial charge in [-0.3, -0.25) is 0 Å². The van der Waals surface area contributed by atoms with Crippen molar-refractivity contribution in [1.82, 2.24) is 9.88 Å². The van der Waals surface area contributed by atoms with Gasteiger partial charge in [-0.25, -0.2) is 4.98 Å². The van der Waals surface area contributed by atoms with Crippen LogP contribution >= 0.6 is 11.8 Å². The van der Waals surface area contributed by atoms with Gasteiger partial charge in [0.2, 0.25) is 0 Å². The van der Waals surface area contributed by atoms with Crippen LogP contribution in [0.1, 0.15) is 19.3 Å². The zero-order valence-electron chi connectivity index (χ0n) is 8.32. The first-order chi connectivity index (χ1) is 6.95. The molecule has 4 heteroatoms. The van der Waals surface area contributed by atoms with Gasteiger partial charge in [0.05, 0.1) is 6.20 Å². The van der Waals surface area contributed by atoms with Crippen LogP contribution in [0.2, 0.25) is 0 Å². The molecule has 2 heterocycles. The van der Waals surface area contributed by atoms with E-state index in [2.05, 4.69) is 9.88 Å². The maximum atomic E-state index is 5.16. The first-order valence-electron chi connectivity index (χ1n) is 5.20. The van der Waals surface area contributed by atoms with E-state index in [4.69, 9.17) is 4.42 Å². The molecular formula is C10H16N2OS. The van der Waals surface area contributed by atoms with Crippen LogP contribution in [0, 0.1) is 0 Å². The van der Waals surface area contributed by atoms with Crippen molar-refractivity contribution in [3.8, 4) is 0 Å². The topological polar surface area (TPSA) is 29.3 Å². The van der Waals surface area contributed by atoms with E-state index in [1.165, 1.54) is 32.4 Å². The van der Waals surface area contributed by atoms with Crippen molar-refractivity contribution >= 4 is 11.8 Å². The molecule has 2 rings (SSSR count). The first kappa shape index (κ1) is 10.1. The summed E-state index contributed by atoms with van der Waals surface area (Å²) in [5, 5.41) is 0.794. The third kappa shape index (κ3) is 3.03. The predicted octanol–water partition coefficient (Wildman–Crippen LogP) is 2.25. The van der Waals surface area contributed by atoms with E-state index in [0.717, 1.165) is 17.5 Å². The lowest BCUT2D eigenvalue weighted by molar-refractivity contribution is 0.242. The van der Waals surface area contributed by atoms with Gasteiger partial charge < -0.3 is 9.32 Å². The number of hydrogen-bond acceptors (Lipinski definition) is 4. The summed E-state index contributed by atoms with van der Waals surface area (Å²) in [7, 11) is 0. The van der Waals surface area contributed by atoms with Crippen molar-refractivity contribution in [2.45, 2.75) is 24.5 Å². The Morgan fingerprint density at radius 3 is 2.93 bits per heavy atom. The van der Waals surface area contributed by atoms with Crippen molar-refractivity contribution in [2.75, 3.05) is 25.4 Å². The predicted molar refractivity (Wildman–Crippen MR) is 57.5 cm³/mol. The Hall–Kier alpha value is -0.480. The first-order valence-corrected chi connectivity index (χ1v) is 6.18. The van der Waals surface area contributed by atoms with Gasteiger partial charge in [0.15, 0.2) is 0 Å². The van der Waals surface area contributed by atoms with Crippen molar-refractivity contribution in [3.05, 3.63) is 12.5 Å². The van der Waals surface area contributed by atoms with Crippen LogP contribution in [0.4, 0.5) is 0 Å². The molecule has 0 unspecified atom stereocenters. The molecular weight excluding hydrogens is 196 g/mol. The monoisotopic (exact) mass is 212 g/mol. The maximum Gasteiger partial charge on any atom is 0.255 e. The molecule has 0 amide bonds. The lowest BCUT2D eigenvalue weighted by atomic mass is 10.1. The maximum absolute atomic E-state index is 5.16. The summed E-state index contributed by atoms with van der Waals surface area (Å²) in [4.78, 5) is 6.60. The van der Waals surface area contributed by atoms with Crippen LogP contribution in [-0.2, 0) is 0 Å². The second kappa shape index (κ2) is 5.41. The average molecular weight is 212 g/mol. The van der Waals surface area contributed by atoms with Gasteiger partial charge in [-0.15, -0.1) is 0 Å². The third-order valence-corrected chi connectivity index (χ3v) is 3.33. The lowest BCUT2D eigenvalue weighted by Crippen LogP contribution is -2.31. The van der Waals surface area contributed by atoms with E-state index in [-0.39, 0.29) is 0 Å². The number of thioether (sulfide) groups is 1. The van der Waals surface area contributed by atoms with Gasteiger partial charge in [0, 0.05) is 12.3 Å². The molecule has 1 aliphatic rings. The third-order valence-electron chi connectivity index (χ3n) is 2.49. The van der Waals surface area contributed by atoms with E-state index in [1.807, 2.05) is 0 Å². The smallest absolute Gasteiger partial charge is 0.255 e. The fourth-order valence-electron chi connectivity index (χ4n) is 1.73. The Labute approximate surface area is 88.9 Å². The number of hydrogen-bond donors (Lipinski definition) is 0. The van der Waals surface area contributed by atoms with Crippen molar-refractivity contribution in [2.24, 2.45) is 0 Å². The second-order valence-corrected chi connectivity index (χ2v) is 4.59. The largest absolute Gasteiger partial charge is 0.440 e. The molecule has 0 atom stereocenters. The molecule has 0 spiro atoms. The number of likely N-dealkylation sites (tertiary alicyclic amines) is 1. The normalized spacial score (nSPS) is 18.6. The van der Waals surface area contributed by atoms with Crippen LogP contribution in [0.15, 0.2) is 22.1 Å². The fraction of sp³-hybridized carbons (Fsp3) is 0.700. The number of piperidine rings is 1. The minimum absolute atomic E-state index is 0.794. The van der Waals surface area contributed by atoms with Gasteiger partial charge in [0.1, 0.15) is 6.26 Å². The SMILES string of the molecule is c1coc(SCCN2CCCCC2)n1. The minimum atomic E-state index is 0.794. The average Bonchev–Trinajstić information content (AvgIpc) is 2.72. The van der Waals surface area contributed by atoms with Gasteiger partial charge >= 0.3 is 0 Å². The summed E-state index contributed by atoms with van der Waals surface area (Å²) in [6.45, 7) is 3.70. The molecule has 0 aromatic carbocycles. The van der Waals surface area contributed by atoms with E-state index in [0.29, 0.717) is 0 Å². The van der Waals surface area contributed by atoms with E-state index in [1.54, 1.807) is 24.2 Å². The summed E-state index contributed by atoms with van der Waals surface area (Å²) in [5.41, 5.74) is 0. The Balaban J connectivity index is 1.62. The van der Waals surface area contributed by atoms with Crippen molar-refractivity contribution < 1.29 is 4.42 Å². The van der Waals surface area contributed by atoms with Crippen LogP contribution in [0.3, 0.4) is 0 Å². The second-order valence-electron chi connectivity index (χ2n) is 3.55. The Kier molecular flexibility index (Phi) is 3.89. The fourth-order valence-corrected chi connectivity index (χ4v) is 2.51. The molecule has 1 saturated heterocycles. The Bertz CT molecular complexity index is 245. The highest BCUT2D eigenvalue weighted by Crippen LogP contribution is 2.16. The Morgan fingerprint density at radius 1 is 1.36 bits per heavy atom. The highest BCUT2D eigenvalue weighted by atomic mass is 32.2. The molecule has 0 aliphatic carbocycles. The van der Waals surface area contributed by atoms with Gasteiger partial charge in [-0.05, 0) is 25.9 Å². The van der Waals surface area contributed by atoms with Crippen molar-refractivity contribution in [3.63, 3.8) is 0 Å². The molecule has 78 valence electrons. The number of aromatic nitrogens is 1. The van der Waals surface area contributed by atoms with Gasteiger partial charge in [0.25, 0.3) is 5.22 Å². The highest BCUT2D eigenvalue weighted by Gasteiger charge is 2.09. The standard InChI is InChI=1S/C10H16N2OS/c1-2-5-12(6-3-1)7-9-14-10-11-4-8-13-10/h4,8H,1-3,5-7,9H2. The molecule has 0 saturated carbocycles. The molecule has 0 radical (unpaired) electrons. The minimum Gasteiger partial charge on any atom is -0.440 e. The van der Waals surface area contributed by atoms with E-state index >= 15 is 0 Å². The highest BCUT2D eigenvalue weighted by molar-refractivity contribution is 7.99. The van der Waals surface area contributed by atoms with Crippen LogP contribution < -0.4 is 0 Å². The molecule has 0 N–H and O–H groups in total. The van der Waals surface area contributed by atoms with Crippen LogP contribution in [-0.4, -0.2) is 35.3 Å². The summed E-state index contributed by atoms with van der Waals surface area (Å²) < 4.78 is 5.16. The van der Waals surface area contributed by atoms with E-state index < -0.39 is 0 Å². The number of rotatable bonds is 4. The zero-order chi connectivity index (χ0) is 9.64. The zero-order valence-corrected chi connectivity index (χ0v) is 9.13. The summed E-state index contributed by atoms with van der Waals surface area (Å²) in [5.74, 6) is 1.08. The molecule has 14 heavy (non-hydrogen) atoms. The molecule has 3 nitrogen and oxygen atoms in total. The summed E-state index contributed by atoms with van der Waals surface area (Å²) in [6.07, 6.45) is 7.46. The number of oxazole rings is 1. The van der Waals surface area contributed by atoms with Crippen LogP contribution in [0.25, 0.3) is 0 Å². The molecule has 1 fully saturated rings. The van der Waals surface area contributed by atoms with Gasteiger partial charge in [-0.2, -0.15) is 0 Å². The van der Waals surface area contributed by atoms with E-state index in [9.17, 15) is 0 Å². The van der Waals surface area contributed by atoms with Gasteiger partial charge in [-0.1, -0.05) is 18.2 Å². The molecule has 0 bridgehead atoms. The molecule has 1 aromatic heterocycles. The number of nitrogens with zero attached hydrogens (tertiary/aromatic N) is 2. The summed E-state index contributed by atoms with van der Waals surface area (Å²) in [6, 6.07) is 0. The molecule has 1 aromatic rings. The van der Waals surface area contributed by atoms with Crippen LogP contribution in [0.5, 0.6) is 0 Å².